The van der Waals surface area contributed by atoms with Crippen LogP contribution in [0.15, 0.2) is 36.9 Å². The maximum Gasteiger partial charge on any atom is 0.252 e. The van der Waals surface area contributed by atoms with Gasteiger partial charge in [0.15, 0.2) is 0 Å². The van der Waals surface area contributed by atoms with Gasteiger partial charge in [-0.1, -0.05) is 18.2 Å². The third-order valence-electron chi connectivity index (χ3n) is 2.56. The fourth-order valence-corrected chi connectivity index (χ4v) is 1.61. The number of nitrogens with one attached hydrogen (secondary N) is 1. The number of benzene rings is 1. The summed E-state index contributed by atoms with van der Waals surface area (Å²) in [5.74, 6) is -0.851. The van der Waals surface area contributed by atoms with Gasteiger partial charge in [-0.3, -0.25) is 9.59 Å². The standard InChI is InChI=1S/C14H18N2O2/c1-2-3-4-7-10-16-14(18)12-9-6-5-8-11(12)13(15)17/h2,5-6,8-9H,1,3-4,7,10H2,(H2,15,17)(H,16,18). The molecule has 0 atom stereocenters. The smallest absolute Gasteiger partial charge is 0.252 e. The fraction of sp³-hybridized carbons (Fsp3) is 0.286. The Hall–Kier alpha value is -2.10. The average Bonchev–Trinajstić information content (AvgIpc) is 2.38. The summed E-state index contributed by atoms with van der Waals surface area (Å²) in [4.78, 5) is 23.0. The van der Waals surface area contributed by atoms with Crippen LogP contribution in [0, 0.1) is 0 Å². The first-order chi connectivity index (χ1) is 8.66. The summed E-state index contributed by atoms with van der Waals surface area (Å²) in [6.45, 7) is 4.22. The molecule has 1 aromatic rings. The number of hydrogen-bond donors (Lipinski definition) is 2. The number of primary amides is 1. The predicted octanol–water partition coefficient (Wildman–Crippen LogP) is 1.87. The molecule has 0 heterocycles. The summed E-state index contributed by atoms with van der Waals surface area (Å²) in [6, 6.07) is 6.54. The van der Waals surface area contributed by atoms with E-state index in [0.29, 0.717) is 12.1 Å². The van der Waals surface area contributed by atoms with E-state index in [9.17, 15) is 9.59 Å². The Morgan fingerprint density at radius 2 is 1.89 bits per heavy atom. The molecular formula is C14H18N2O2. The van der Waals surface area contributed by atoms with E-state index in [-0.39, 0.29) is 11.5 Å². The summed E-state index contributed by atoms with van der Waals surface area (Å²) in [7, 11) is 0. The van der Waals surface area contributed by atoms with Crippen molar-refractivity contribution in [2.45, 2.75) is 19.3 Å². The zero-order valence-corrected chi connectivity index (χ0v) is 10.3. The topological polar surface area (TPSA) is 72.2 Å². The van der Waals surface area contributed by atoms with Gasteiger partial charge in [0.2, 0.25) is 5.91 Å². The average molecular weight is 246 g/mol. The van der Waals surface area contributed by atoms with Crippen LogP contribution in [-0.4, -0.2) is 18.4 Å². The first-order valence-electron chi connectivity index (χ1n) is 5.94. The number of rotatable bonds is 7. The first kappa shape index (κ1) is 14.0. The molecule has 1 rings (SSSR count). The van der Waals surface area contributed by atoms with E-state index < -0.39 is 5.91 Å². The Morgan fingerprint density at radius 1 is 1.22 bits per heavy atom. The van der Waals surface area contributed by atoms with E-state index in [1.807, 2.05) is 6.08 Å². The lowest BCUT2D eigenvalue weighted by Gasteiger charge is -2.07. The van der Waals surface area contributed by atoms with Gasteiger partial charge in [-0.15, -0.1) is 6.58 Å². The zero-order chi connectivity index (χ0) is 13.4. The number of allylic oxidation sites excluding steroid dienone is 1. The third kappa shape index (κ3) is 4.05. The number of unbranched alkanes of at least 4 members (excludes halogenated alkanes) is 2. The fourth-order valence-electron chi connectivity index (χ4n) is 1.61. The van der Waals surface area contributed by atoms with E-state index in [1.54, 1.807) is 24.3 Å². The molecule has 1 aromatic carbocycles. The predicted molar refractivity (Wildman–Crippen MR) is 71.3 cm³/mol. The van der Waals surface area contributed by atoms with Gasteiger partial charge in [-0.25, -0.2) is 0 Å². The normalized spacial score (nSPS) is 9.78. The van der Waals surface area contributed by atoms with E-state index in [1.165, 1.54) is 0 Å². The van der Waals surface area contributed by atoms with Gasteiger partial charge in [-0.2, -0.15) is 0 Å². The molecule has 0 fully saturated rings. The number of hydrogen-bond acceptors (Lipinski definition) is 2. The van der Waals surface area contributed by atoms with Crippen molar-refractivity contribution >= 4 is 11.8 Å². The minimum absolute atomic E-state index is 0.251. The highest BCUT2D eigenvalue weighted by molar-refractivity contribution is 6.06. The summed E-state index contributed by atoms with van der Waals surface area (Å²) < 4.78 is 0. The third-order valence-corrected chi connectivity index (χ3v) is 2.56. The quantitative estimate of drug-likeness (QED) is 0.569. The molecule has 0 aliphatic heterocycles. The van der Waals surface area contributed by atoms with Gasteiger partial charge in [0, 0.05) is 6.54 Å². The number of carbonyl (C=O) groups is 2. The van der Waals surface area contributed by atoms with Crippen LogP contribution in [0.25, 0.3) is 0 Å². The van der Waals surface area contributed by atoms with Gasteiger partial charge in [-0.05, 0) is 31.4 Å². The van der Waals surface area contributed by atoms with Crippen molar-refractivity contribution in [1.82, 2.24) is 5.32 Å². The van der Waals surface area contributed by atoms with Gasteiger partial charge in [0.1, 0.15) is 0 Å². The lowest BCUT2D eigenvalue weighted by molar-refractivity contribution is 0.0935. The van der Waals surface area contributed by atoms with Crippen LogP contribution < -0.4 is 11.1 Å². The highest BCUT2D eigenvalue weighted by Crippen LogP contribution is 2.07. The molecule has 0 saturated heterocycles. The summed E-state index contributed by atoms with van der Waals surface area (Å²) in [6.07, 6.45) is 4.66. The molecule has 0 unspecified atom stereocenters. The van der Waals surface area contributed by atoms with Crippen molar-refractivity contribution in [1.29, 1.82) is 0 Å². The number of carbonyl (C=O) groups excluding carboxylic acids is 2. The molecule has 0 aromatic heterocycles. The summed E-state index contributed by atoms with van der Waals surface area (Å²) in [5.41, 5.74) is 5.80. The zero-order valence-electron chi connectivity index (χ0n) is 10.3. The van der Waals surface area contributed by atoms with E-state index in [4.69, 9.17) is 5.73 Å². The summed E-state index contributed by atoms with van der Waals surface area (Å²) in [5, 5.41) is 2.77. The largest absolute Gasteiger partial charge is 0.366 e. The monoisotopic (exact) mass is 246 g/mol. The van der Waals surface area contributed by atoms with Crippen molar-refractivity contribution in [3.05, 3.63) is 48.0 Å². The van der Waals surface area contributed by atoms with Crippen molar-refractivity contribution in [3.8, 4) is 0 Å². The van der Waals surface area contributed by atoms with Crippen molar-refractivity contribution in [2.75, 3.05) is 6.54 Å². The van der Waals surface area contributed by atoms with Crippen LogP contribution in [0.2, 0.25) is 0 Å². The van der Waals surface area contributed by atoms with Crippen LogP contribution in [0.5, 0.6) is 0 Å². The van der Waals surface area contributed by atoms with Gasteiger partial charge >= 0.3 is 0 Å². The first-order valence-corrected chi connectivity index (χ1v) is 5.94. The maximum absolute atomic E-state index is 11.9. The molecule has 18 heavy (non-hydrogen) atoms. The van der Waals surface area contributed by atoms with E-state index in [0.717, 1.165) is 19.3 Å². The molecule has 3 N–H and O–H groups in total. The second-order valence-corrected chi connectivity index (χ2v) is 3.95. The Bertz CT molecular complexity index is 441. The van der Waals surface area contributed by atoms with Gasteiger partial charge in [0.05, 0.1) is 11.1 Å². The molecule has 4 nitrogen and oxygen atoms in total. The highest BCUT2D eigenvalue weighted by atomic mass is 16.2. The maximum atomic E-state index is 11.9. The SMILES string of the molecule is C=CCCCCNC(=O)c1ccccc1C(N)=O. The number of nitrogens with two attached hydrogens (primary N) is 1. The van der Waals surface area contributed by atoms with Crippen LogP contribution in [0.3, 0.4) is 0 Å². The van der Waals surface area contributed by atoms with E-state index >= 15 is 0 Å². The Kier molecular flexibility index (Phi) is 5.64. The lowest BCUT2D eigenvalue weighted by Crippen LogP contribution is -2.27. The van der Waals surface area contributed by atoms with Gasteiger partial charge in [0.25, 0.3) is 5.91 Å². The molecule has 0 saturated carbocycles. The van der Waals surface area contributed by atoms with Crippen LogP contribution >= 0.6 is 0 Å². The highest BCUT2D eigenvalue weighted by Gasteiger charge is 2.13. The second kappa shape index (κ2) is 7.27. The molecule has 96 valence electrons. The molecule has 0 aliphatic carbocycles. The minimum Gasteiger partial charge on any atom is -0.366 e. The molecule has 2 amide bonds. The van der Waals surface area contributed by atoms with Crippen molar-refractivity contribution in [3.63, 3.8) is 0 Å². The molecule has 0 radical (unpaired) electrons. The molecule has 0 spiro atoms. The molecular weight excluding hydrogens is 228 g/mol. The molecule has 4 heteroatoms. The minimum atomic E-state index is -0.590. The van der Waals surface area contributed by atoms with Crippen LogP contribution in [0.1, 0.15) is 40.0 Å². The Morgan fingerprint density at radius 3 is 2.50 bits per heavy atom. The van der Waals surface area contributed by atoms with Crippen LogP contribution in [0.4, 0.5) is 0 Å². The second-order valence-electron chi connectivity index (χ2n) is 3.95. The van der Waals surface area contributed by atoms with Crippen LogP contribution in [-0.2, 0) is 0 Å². The Labute approximate surface area is 107 Å². The molecule has 0 bridgehead atoms. The number of amides is 2. The molecule has 0 aliphatic rings. The lowest BCUT2D eigenvalue weighted by atomic mass is 10.1. The Balaban J connectivity index is 2.56. The van der Waals surface area contributed by atoms with Crippen molar-refractivity contribution in [2.24, 2.45) is 5.73 Å². The van der Waals surface area contributed by atoms with Crippen molar-refractivity contribution < 1.29 is 9.59 Å². The summed E-state index contributed by atoms with van der Waals surface area (Å²) >= 11 is 0. The van der Waals surface area contributed by atoms with E-state index in [2.05, 4.69) is 11.9 Å². The van der Waals surface area contributed by atoms with Gasteiger partial charge < -0.3 is 11.1 Å².